The Morgan fingerprint density at radius 1 is 0.917 bits per heavy atom. The molecule has 0 aromatic heterocycles. The van der Waals surface area contributed by atoms with Crippen LogP contribution in [0.5, 0.6) is 0 Å². The molecule has 72 valence electrons. The van der Waals surface area contributed by atoms with Gasteiger partial charge in [0.15, 0.2) is 0 Å². The van der Waals surface area contributed by atoms with Crippen molar-refractivity contribution in [2.45, 2.75) is 52.1 Å². The fourth-order valence-electron chi connectivity index (χ4n) is 0.785. The van der Waals surface area contributed by atoms with Crippen LogP contribution in [0.2, 0.25) is 0 Å². The van der Waals surface area contributed by atoms with E-state index in [4.69, 9.17) is 20.9 Å². The second kappa shape index (κ2) is 5.84. The number of alkyl halides is 1. The lowest BCUT2D eigenvalue weighted by atomic mass is 9.84. The minimum absolute atomic E-state index is 0.116. The predicted molar refractivity (Wildman–Crippen MR) is 53.5 cm³/mol. The van der Waals surface area contributed by atoms with Crippen LogP contribution in [0.3, 0.4) is 0 Å². The summed E-state index contributed by atoms with van der Waals surface area (Å²) in [7, 11) is -0.299. The highest BCUT2D eigenvalue weighted by atomic mass is 35.5. The summed E-state index contributed by atoms with van der Waals surface area (Å²) in [4.78, 5) is 0. The van der Waals surface area contributed by atoms with Crippen LogP contribution in [0.4, 0.5) is 0 Å². The summed E-state index contributed by atoms with van der Waals surface area (Å²) in [5, 5.41) is -0.116. The van der Waals surface area contributed by atoms with Gasteiger partial charge < -0.3 is 9.31 Å². The summed E-state index contributed by atoms with van der Waals surface area (Å²) in [6.07, 6.45) is 0.296. The molecule has 0 heterocycles. The van der Waals surface area contributed by atoms with Crippen LogP contribution >= 0.6 is 11.6 Å². The minimum Gasteiger partial charge on any atom is -0.408 e. The minimum atomic E-state index is -0.299. The van der Waals surface area contributed by atoms with Crippen molar-refractivity contribution in [2.75, 3.05) is 0 Å². The molecule has 0 radical (unpaired) electrons. The monoisotopic (exact) mass is 192 g/mol. The van der Waals surface area contributed by atoms with Crippen molar-refractivity contribution in [2.24, 2.45) is 0 Å². The predicted octanol–water partition coefficient (Wildman–Crippen LogP) is 2.49. The van der Waals surface area contributed by atoms with E-state index in [9.17, 15) is 0 Å². The summed E-state index contributed by atoms with van der Waals surface area (Å²) >= 11 is 5.88. The summed E-state index contributed by atoms with van der Waals surface area (Å²) < 4.78 is 10.9. The molecule has 0 spiro atoms. The van der Waals surface area contributed by atoms with Gasteiger partial charge in [-0.1, -0.05) is 6.92 Å². The Bertz CT molecular complexity index is 108. The molecule has 1 atom stereocenters. The fraction of sp³-hybridized carbons (Fsp3) is 1.00. The van der Waals surface area contributed by atoms with Crippen molar-refractivity contribution in [3.63, 3.8) is 0 Å². The van der Waals surface area contributed by atoms with Gasteiger partial charge in [0, 0.05) is 12.2 Å². The molecule has 1 unspecified atom stereocenters. The van der Waals surface area contributed by atoms with Gasteiger partial charge in [-0.2, -0.15) is 0 Å². The van der Waals surface area contributed by atoms with E-state index in [0.29, 0.717) is 0 Å². The van der Waals surface area contributed by atoms with Crippen molar-refractivity contribution in [1.29, 1.82) is 0 Å². The molecule has 0 aromatic rings. The molecule has 0 rings (SSSR count). The molecular weight excluding hydrogens is 174 g/mol. The first kappa shape index (κ1) is 12.3. The number of halogens is 1. The maximum Gasteiger partial charge on any atom is 0.476 e. The van der Waals surface area contributed by atoms with Gasteiger partial charge in [0.05, 0.1) is 5.28 Å². The Kier molecular flexibility index (Phi) is 5.98. The largest absolute Gasteiger partial charge is 0.476 e. The maximum absolute atomic E-state index is 5.88. The van der Waals surface area contributed by atoms with Crippen molar-refractivity contribution in [3.8, 4) is 0 Å². The van der Waals surface area contributed by atoms with Gasteiger partial charge in [-0.05, 0) is 27.7 Å². The first-order valence-electron chi connectivity index (χ1n) is 4.38. The van der Waals surface area contributed by atoms with Crippen LogP contribution in [0.1, 0.15) is 34.6 Å². The molecular formula is C8H18BClO2. The lowest BCUT2D eigenvalue weighted by molar-refractivity contribution is 0.129. The van der Waals surface area contributed by atoms with E-state index in [0.717, 1.165) is 0 Å². The van der Waals surface area contributed by atoms with E-state index in [2.05, 4.69) is 0 Å². The van der Waals surface area contributed by atoms with Gasteiger partial charge in [-0.25, -0.2) is 0 Å². The standard InChI is InChI=1S/C8H18BClO2/c1-6(2)11-9(8(5)10)12-7(3)4/h6-8H,1-5H3. The van der Waals surface area contributed by atoms with E-state index >= 15 is 0 Å². The molecule has 0 amide bonds. The van der Waals surface area contributed by atoms with Gasteiger partial charge >= 0.3 is 7.12 Å². The molecule has 12 heavy (non-hydrogen) atoms. The average Bonchev–Trinajstić information content (AvgIpc) is 1.83. The lowest BCUT2D eigenvalue weighted by Gasteiger charge is -2.20. The third-order valence-electron chi connectivity index (χ3n) is 1.19. The summed E-state index contributed by atoms with van der Waals surface area (Å²) in [6, 6.07) is 0. The van der Waals surface area contributed by atoms with Crippen molar-refractivity contribution < 1.29 is 9.31 Å². The smallest absolute Gasteiger partial charge is 0.408 e. The lowest BCUT2D eigenvalue weighted by Crippen LogP contribution is -2.36. The van der Waals surface area contributed by atoms with Gasteiger partial charge in [-0.15, -0.1) is 11.6 Å². The van der Waals surface area contributed by atoms with Crippen LogP contribution < -0.4 is 0 Å². The van der Waals surface area contributed by atoms with Crippen LogP contribution in [0.15, 0.2) is 0 Å². The third kappa shape index (κ3) is 5.87. The quantitative estimate of drug-likeness (QED) is 0.492. The van der Waals surface area contributed by atoms with Crippen molar-refractivity contribution in [1.82, 2.24) is 0 Å². The molecule has 0 aromatic carbocycles. The van der Waals surface area contributed by atoms with E-state index in [1.165, 1.54) is 0 Å². The van der Waals surface area contributed by atoms with Crippen molar-refractivity contribution >= 4 is 18.7 Å². The SMILES string of the molecule is CC(C)OB(OC(C)C)C(C)Cl. The first-order chi connectivity index (χ1) is 5.43. The van der Waals surface area contributed by atoms with Gasteiger partial charge in [-0.3, -0.25) is 0 Å². The van der Waals surface area contributed by atoms with Gasteiger partial charge in [0.1, 0.15) is 0 Å². The Hall–Kier alpha value is 0.275. The highest BCUT2D eigenvalue weighted by molar-refractivity contribution is 6.59. The Morgan fingerprint density at radius 3 is 1.42 bits per heavy atom. The highest BCUT2D eigenvalue weighted by Crippen LogP contribution is 2.08. The second-order valence-corrected chi connectivity index (χ2v) is 4.10. The molecule has 0 aliphatic heterocycles. The van der Waals surface area contributed by atoms with Gasteiger partial charge in [0.2, 0.25) is 0 Å². The number of hydrogen-bond acceptors (Lipinski definition) is 2. The highest BCUT2D eigenvalue weighted by Gasteiger charge is 2.26. The zero-order chi connectivity index (χ0) is 9.72. The molecule has 0 saturated heterocycles. The topological polar surface area (TPSA) is 18.5 Å². The Balaban J connectivity index is 3.87. The summed E-state index contributed by atoms with van der Waals surface area (Å²) in [5.74, 6) is 0. The maximum atomic E-state index is 5.88. The van der Waals surface area contributed by atoms with E-state index in [1.54, 1.807) is 0 Å². The molecule has 0 bridgehead atoms. The number of hydrogen-bond donors (Lipinski definition) is 0. The Labute approximate surface area is 80.7 Å². The normalized spacial score (nSPS) is 14.0. The molecule has 0 N–H and O–H groups in total. The number of rotatable bonds is 5. The first-order valence-corrected chi connectivity index (χ1v) is 4.82. The second-order valence-electron chi connectivity index (χ2n) is 3.42. The summed E-state index contributed by atoms with van der Waals surface area (Å²) in [5.41, 5.74) is 0. The van der Waals surface area contributed by atoms with Gasteiger partial charge in [0.25, 0.3) is 0 Å². The third-order valence-corrected chi connectivity index (χ3v) is 1.39. The van der Waals surface area contributed by atoms with E-state index in [-0.39, 0.29) is 24.6 Å². The molecule has 2 nitrogen and oxygen atoms in total. The molecule has 0 aliphatic carbocycles. The zero-order valence-electron chi connectivity index (χ0n) is 8.50. The van der Waals surface area contributed by atoms with Crippen LogP contribution in [0.25, 0.3) is 0 Å². The molecule has 0 aliphatic rings. The van der Waals surface area contributed by atoms with Crippen LogP contribution in [-0.4, -0.2) is 24.6 Å². The molecule has 0 fully saturated rings. The summed E-state index contributed by atoms with van der Waals surface area (Å²) in [6.45, 7) is 9.74. The molecule has 4 heteroatoms. The van der Waals surface area contributed by atoms with E-state index < -0.39 is 0 Å². The fourth-order valence-corrected chi connectivity index (χ4v) is 0.904. The van der Waals surface area contributed by atoms with E-state index in [1.807, 2.05) is 34.6 Å². The molecule has 0 saturated carbocycles. The zero-order valence-corrected chi connectivity index (χ0v) is 9.26. The Morgan fingerprint density at radius 2 is 1.25 bits per heavy atom. The van der Waals surface area contributed by atoms with Crippen LogP contribution in [-0.2, 0) is 9.31 Å². The van der Waals surface area contributed by atoms with Crippen LogP contribution in [0, 0.1) is 0 Å². The average molecular weight is 192 g/mol. The van der Waals surface area contributed by atoms with Crippen molar-refractivity contribution in [3.05, 3.63) is 0 Å².